The van der Waals surface area contributed by atoms with Gasteiger partial charge in [0.2, 0.25) is 0 Å². The molecular weight excluding hydrogens is 240 g/mol. The molecule has 0 amide bonds. The van der Waals surface area contributed by atoms with E-state index in [1.54, 1.807) is 11.3 Å². The molecule has 3 heteroatoms. The van der Waals surface area contributed by atoms with Crippen LogP contribution in [0.1, 0.15) is 16.1 Å². The number of aryl methyl sites for hydroxylation is 4. The molecule has 0 bridgehead atoms. The summed E-state index contributed by atoms with van der Waals surface area (Å²) in [5, 5.41) is 1.33. The first-order chi connectivity index (χ1) is 8.74. The van der Waals surface area contributed by atoms with E-state index >= 15 is 0 Å². The predicted octanol–water partition coefficient (Wildman–Crippen LogP) is 3.96. The van der Waals surface area contributed by atoms with Crippen LogP contribution in [-0.2, 0) is 13.0 Å². The molecule has 0 radical (unpaired) electrons. The van der Waals surface area contributed by atoms with E-state index in [9.17, 15) is 0 Å². The van der Waals surface area contributed by atoms with Crippen molar-refractivity contribution in [2.24, 2.45) is 0 Å². The molecule has 0 aliphatic carbocycles. The Morgan fingerprint density at radius 3 is 2.89 bits per heavy atom. The summed E-state index contributed by atoms with van der Waals surface area (Å²) in [5.41, 5.74) is 5.75. The highest BCUT2D eigenvalue weighted by Crippen LogP contribution is 2.19. The first-order valence-electron chi connectivity index (χ1n) is 6.18. The topological polar surface area (TPSA) is 17.8 Å². The molecule has 0 unspecified atom stereocenters. The summed E-state index contributed by atoms with van der Waals surface area (Å²) in [7, 11) is 0. The van der Waals surface area contributed by atoms with Crippen molar-refractivity contribution in [1.29, 1.82) is 0 Å². The lowest BCUT2D eigenvalue weighted by atomic mass is 10.2. The van der Waals surface area contributed by atoms with Crippen LogP contribution in [0.5, 0.6) is 0 Å². The highest BCUT2D eigenvalue weighted by molar-refractivity contribution is 7.09. The van der Waals surface area contributed by atoms with Crippen LogP contribution in [0.4, 0.5) is 0 Å². The molecule has 0 aliphatic rings. The molecule has 3 rings (SSSR count). The minimum absolute atomic E-state index is 1.02. The third-order valence-corrected chi connectivity index (χ3v) is 4.35. The maximum absolute atomic E-state index is 4.30. The maximum atomic E-state index is 4.30. The summed E-state index contributed by atoms with van der Waals surface area (Å²) in [6, 6.07) is 8.83. The lowest BCUT2D eigenvalue weighted by molar-refractivity contribution is 0.726. The average Bonchev–Trinajstić information content (AvgIpc) is 2.93. The largest absolute Gasteiger partial charge is 0.347 e. The molecule has 92 valence electrons. The van der Waals surface area contributed by atoms with Crippen LogP contribution < -0.4 is 0 Å². The van der Waals surface area contributed by atoms with E-state index in [-0.39, 0.29) is 0 Å². The van der Waals surface area contributed by atoms with Crippen LogP contribution in [0, 0.1) is 13.8 Å². The Kier molecular flexibility index (Phi) is 2.92. The number of hydrogen-bond donors (Lipinski definition) is 0. The number of hydrogen-bond acceptors (Lipinski definition) is 2. The fraction of sp³-hybridized carbons (Fsp3) is 0.267. The van der Waals surface area contributed by atoms with E-state index < -0.39 is 0 Å². The number of benzene rings is 1. The molecule has 1 aromatic carbocycles. The molecule has 2 heterocycles. The van der Waals surface area contributed by atoms with Crippen molar-refractivity contribution >= 4 is 22.2 Å². The Bertz CT molecular complexity index is 679. The standard InChI is InChI=1S/C15H16N2S/c1-11-3-4-14-13(9-11)5-7-17(14)8-6-15-12(2)16-10-18-15/h3-5,7,9-10H,6,8H2,1-2H3. The third kappa shape index (κ3) is 2.06. The molecule has 0 N–H and O–H groups in total. The summed E-state index contributed by atoms with van der Waals surface area (Å²) in [6.07, 6.45) is 3.24. The van der Waals surface area contributed by atoms with Gasteiger partial charge in [0.1, 0.15) is 0 Å². The molecule has 18 heavy (non-hydrogen) atoms. The predicted molar refractivity (Wildman–Crippen MR) is 77.2 cm³/mol. The smallest absolute Gasteiger partial charge is 0.0797 e. The van der Waals surface area contributed by atoms with Crippen LogP contribution in [0.25, 0.3) is 10.9 Å². The van der Waals surface area contributed by atoms with Crippen molar-refractivity contribution in [1.82, 2.24) is 9.55 Å². The van der Waals surface area contributed by atoms with Gasteiger partial charge in [-0.15, -0.1) is 11.3 Å². The first-order valence-corrected chi connectivity index (χ1v) is 7.06. The van der Waals surface area contributed by atoms with Gasteiger partial charge in [0.05, 0.1) is 11.2 Å². The minimum atomic E-state index is 1.02. The molecule has 0 saturated carbocycles. The zero-order chi connectivity index (χ0) is 12.5. The van der Waals surface area contributed by atoms with Gasteiger partial charge in [-0.05, 0) is 37.4 Å². The van der Waals surface area contributed by atoms with Crippen molar-refractivity contribution in [3.05, 3.63) is 52.1 Å². The van der Waals surface area contributed by atoms with Crippen LogP contribution in [-0.4, -0.2) is 9.55 Å². The Hall–Kier alpha value is -1.61. The van der Waals surface area contributed by atoms with E-state index in [1.807, 2.05) is 5.51 Å². The Morgan fingerprint density at radius 1 is 1.22 bits per heavy atom. The van der Waals surface area contributed by atoms with Gasteiger partial charge in [-0.2, -0.15) is 0 Å². The first kappa shape index (κ1) is 11.5. The fourth-order valence-corrected chi connectivity index (χ4v) is 3.07. The van der Waals surface area contributed by atoms with Gasteiger partial charge < -0.3 is 4.57 Å². The monoisotopic (exact) mass is 256 g/mol. The summed E-state index contributed by atoms with van der Waals surface area (Å²) in [5.74, 6) is 0. The Balaban J connectivity index is 1.85. The summed E-state index contributed by atoms with van der Waals surface area (Å²) < 4.78 is 2.33. The Labute approximate surface area is 111 Å². The minimum Gasteiger partial charge on any atom is -0.347 e. The van der Waals surface area contributed by atoms with Gasteiger partial charge in [0.15, 0.2) is 0 Å². The molecule has 2 nitrogen and oxygen atoms in total. The molecule has 0 fully saturated rings. The van der Waals surface area contributed by atoms with E-state index in [0.717, 1.165) is 13.0 Å². The van der Waals surface area contributed by atoms with Crippen LogP contribution >= 0.6 is 11.3 Å². The van der Waals surface area contributed by atoms with Crippen molar-refractivity contribution in [3.8, 4) is 0 Å². The van der Waals surface area contributed by atoms with Crippen molar-refractivity contribution in [2.75, 3.05) is 0 Å². The van der Waals surface area contributed by atoms with Crippen molar-refractivity contribution < 1.29 is 0 Å². The second kappa shape index (κ2) is 4.58. The van der Waals surface area contributed by atoms with E-state index in [2.05, 4.69) is 53.9 Å². The lowest BCUT2D eigenvalue weighted by Crippen LogP contribution is -1.99. The lowest BCUT2D eigenvalue weighted by Gasteiger charge is -2.05. The number of aromatic nitrogens is 2. The van der Waals surface area contributed by atoms with Crippen LogP contribution in [0.15, 0.2) is 36.0 Å². The number of fused-ring (bicyclic) bond motifs is 1. The fourth-order valence-electron chi connectivity index (χ4n) is 2.30. The van der Waals surface area contributed by atoms with Crippen molar-refractivity contribution in [2.45, 2.75) is 26.8 Å². The molecule has 0 spiro atoms. The molecule has 2 aromatic heterocycles. The quantitative estimate of drug-likeness (QED) is 0.693. The van der Waals surface area contributed by atoms with Gasteiger partial charge >= 0.3 is 0 Å². The highest BCUT2D eigenvalue weighted by atomic mass is 32.1. The molecule has 0 saturated heterocycles. The van der Waals surface area contributed by atoms with Gasteiger partial charge in [0, 0.05) is 29.6 Å². The second-order valence-electron chi connectivity index (χ2n) is 4.68. The summed E-state index contributed by atoms with van der Waals surface area (Å²) >= 11 is 1.75. The van der Waals surface area contributed by atoms with Gasteiger partial charge in [-0.3, -0.25) is 0 Å². The van der Waals surface area contributed by atoms with Gasteiger partial charge in [-0.25, -0.2) is 4.98 Å². The number of thiazole rings is 1. The van der Waals surface area contributed by atoms with E-state index in [1.165, 1.54) is 27.0 Å². The molecule has 0 atom stereocenters. The Morgan fingerprint density at radius 2 is 2.11 bits per heavy atom. The average molecular weight is 256 g/mol. The van der Waals surface area contributed by atoms with E-state index in [0.29, 0.717) is 0 Å². The van der Waals surface area contributed by atoms with Gasteiger partial charge in [0.25, 0.3) is 0 Å². The van der Waals surface area contributed by atoms with Crippen LogP contribution in [0.3, 0.4) is 0 Å². The van der Waals surface area contributed by atoms with E-state index in [4.69, 9.17) is 0 Å². The normalized spacial score (nSPS) is 11.2. The molecular formula is C15H16N2S. The SMILES string of the molecule is Cc1ccc2c(ccn2CCc2scnc2C)c1. The number of rotatable bonds is 3. The zero-order valence-corrected chi connectivity index (χ0v) is 11.5. The summed E-state index contributed by atoms with van der Waals surface area (Å²) in [6.45, 7) is 5.25. The number of nitrogens with zero attached hydrogens (tertiary/aromatic N) is 2. The molecule has 3 aromatic rings. The van der Waals surface area contributed by atoms with Crippen LogP contribution in [0.2, 0.25) is 0 Å². The second-order valence-corrected chi connectivity index (χ2v) is 5.62. The van der Waals surface area contributed by atoms with Crippen molar-refractivity contribution in [3.63, 3.8) is 0 Å². The highest BCUT2D eigenvalue weighted by Gasteiger charge is 2.04. The molecule has 0 aliphatic heterocycles. The zero-order valence-electron chi connectivity index (χ0n) is 10.7. The maximum Gasteiger partial charge on any atom is 0.0797 e. The third-order valence-electron chi connectivity index (χ3n) is 3.35. The van der Waals surface area contributed by atoms with Gasteiger partial charge in [-0.1, -0.05) is 11.6 Å². The summed E-state index contributed by atoms with van der Waals surface area (Å²) in [4.78, 5) is 5.69.